The summed E-state index contributed by atoms with van der Waals surface area (Å²) in [5, 5.41) is 3.09. The maximum absolute atomic E-state index is 12.3. The van der Waals surface area contributed by atoms with Gasteiger partial charge >= 0.3 is 0 Å². The van der Waals surface area contributed by atoms with Crippen LogP contribution >= 0.6 is 0 Å². The summed E-state index contributed by atoms with van der Waals surface area (Å²) >= 11 is 0. The van der Waals surface area contributed by atoms with Gasteiger partial charge in [0.05, 0.1) is 5.92 Å². The minimum absolute atomic E-state index is 0.0391. The van der Waals surface area contributed by atoms with E-state index in [0.29, 0.717) is 23.3 Å². The number of carbonyl (C=O) groups is 1. The van der Waals surface area contributed by atoms with Crippen molar-refractivity contribution in [3.8, 4) is 0 Å². The summed E-state index contributed by atoms with van der Waals surface area (Å²) in [7, 11) is 0. The van der Waals surface area contributed by atoms with E-state index >= 15 is 0 Å². The summed E-state index contributed by atoms with van der Waals surface area (Å²) in [5.41, 5.74) is 7.35. The fourth-order valence-corrected chi connectivity index (χ4v) is 3.25. The third-order valence-electron chi connectivity index (χ3n) is 5.55. The first-order valence-electron chi connectivity index (χ1n) is 7.35. The van der Waals surface area contributed by atoms with E-state index < -0.39 is 0 Å². The molecule has 0 spiro atoms. The lowest BCUT2D eigenvalue weighted by atomic mass is 9.98. The van der Waals surface area contributed by atoms with Gasteiger partial charge in [0.15, 0.2) is 0 Å². The van der Waals surface area contributed by atoms with Crippen LogP contribution < -0.4 is 11.1 Å². The molecule has 1 amide bonds. The second-order valence-corrected chi connectivity index (χ2v) is 6.94. The molecule has 1 aromatic carbocycles. The first-order chi connectivity index (χ1) is 9.32. The van der Waals surface area contributed by atoms with E-state index in [-0.39, 0.29) is 11.8 Å². The summed E-state index contributed by atoms with van der Waals surface area (Å²) in [6.07, 6.45) is 0. The van der Waals surface area contributed by atoms with Gasteiger partial charge in [0.2, 0.25) is 5.91 Å². The van der Waals surface area contributed by atoms with Crippen molar-refractivity contribution < 1.29 is 4.79 Å². The average Bonchev–Trinajstić information content (AvgIpc) is 2.79. The molecule has 1 unspecified atom stereocenters. The molecule has 3 N–H and O–H groups in total. The van der Waals surface area contributed by atoms with E-state index in [2.05, 4.69) is 33.0 Å². The van der Waals surface area contributed by atoms with Gasteiger partial charge in [-0.05, 0) is 22.3 Å². The predicted octanol–water partition coefficient (Wildman–Crippen LogP) is 2.53. The van der Waals surface area contributed by atoms with Crippen molar-refractivity contribution in [1.29, 1.82) is 0 Å². The molecule has 0 radical (unpaired) electrons. The molecule has 110 valence electrons. The number of carbonyl (C=O) groups excluding carboxylic acids is 1. The van der Waals surface area contributed by atoms with Crippen molar-refractivity contribution in [2.45, 2.75) is 33.6 Å². The van der Waals surface area contributed by atoms with Crippen molar-refractivity contribution in [3.63, 3.8) is 0 Å². The molecule has 3 nitrogen and oxygen atoms in total. The molecule has 0 saturated heterocycles. The van der Waals surface area contributed by atoms with E-state index in [1.54, 1.807) is 0 Å². The van der Waals surface area contributed by atoms with Crippen LogP contribution in [-0.4, -0.2) is 19.0 Å². The Morgan fingerprint density at radius 2 is 1.75 bits per heavy atom. The molecule has 1 fully saturated rings. The van der Waals surface area contributed by atoms with Crippen molar-refractivity contribution in [2.24, 2.45) is 22.5 Å². The first-order valence-corrected chi connectivity index (χ1v) is 7.35. The number of rotatable bonds is 5. The second-order valence-electron chi connectivity index (χ2n) is 6.94. The van der Waals surface area contributed by atoms with E-state index in [9.17, 15) is 4.79 Å². The molecule has 0 bridgehead atoms. The molecule has 1 aliphatic rings. The first kappa shape index (κ1) is 15.0. The number of hydrogen-bond donors (Lipinski definition) is 2. The summed E-state index contributed by atoms with van der Waals surface area (Å²) in [4.78, 5) is 12.3. The Labute approximate surface area is 121 Å². The fraction of sp³-hybridized carbons (Fsp3) is 0.588. The zero-order valence-corrected chi connectivity index (χ0v) is 12.9. The Bertz CT molecular complexity index is 465. The van der Waals surface area contributed by atoms with E-state index in [1.165, 1.54) is 0 Å². The van der Waals surface area contributed by atoms with Crippen LogP contribution in [0.1, 0.15) is 39.2 Å². The van der Waals surface area contributed by atoms with Crippen LogP contribution in [0.3, 0.4) is 0 Å². The zero-order chi connectivity index (χ0) is 15.0. The molecular formula is C17H26N2O. The number of benzene rings is 1. The Morgan fingerprint density at radius 3 is 2.20 bits per heavy atom. The van der Waals surface area contributed by atoms with Crippen LogP contribution in [0.15, 0.2) is 30.3 Å². The topological polar surface area (TPSA) is 55.1 Å². The monoisotopic (exact) mass is 274 g/mol. The maximum Gasteiger partial charge on any atom is 0.228 e. The van der Waals surface area contributed by atoms with Gasteiger partial charge in [-0.3, -0.25) is 4.79 Å². The molecule has 1 atom stereocenters. The van der Waals surface area contributed by atoms with Gasteiger partial charge in [0.25, 0.3) is 0 Å². The van der Waals surface area contributed by atoms with Gasteiger partial charge < -0.3 is 11.1 Å². The maximum atomic E-state index is 12.3. The Hall–Kier alpha value is -1.35. The Morgan fingerprint density at radius 1 is 1.20 bits per heavy atom. The Kier molecular flexibility index (Phi) is 3.92. The lowest BCUT2D eigenvalue weighted by Crippen LogP contribution is -2.35. The average molecular weight is 274 g/mol. The third kappa shape index (κ3) is 2.47. The Balaban J connectivity index is 1.95. The summed E-state index contributed by atoms with van der Waals surface area (Å²) in [5.74, 6) is 0.325. The molecule has 3 heteroatoms. The minimum atomic E-state index is -0.249. The predicted molar refractivity (Wildman–Crippen MR) is 82.3 cm³/mol. The van der Waals surface area contributed by atoms with Crippen LogP contribution in [0.4, 0.5) is 0 Å². The summed E-state index contributed by atoms with van der Waals surface area (Å²) in [6, 6.07) is 9.76. The van der Waals surface area contributed by atoms with E-state index in [0.717, 1.165) is 12.1 Å². The molecule has 1 aromatic rings. The van der Waals surface area contributed by atoms with Gasteiger partial charge in [-0.2, -0.15) is 0 Å². The van der Waals surface area contributed by atoms with Crippen LogP contribution in [0.5, 0.6) is 0 Å². The van der Waals surface area contributed by atoms with Gasteiger partial charge in [-0.1, -0.05) is 58.0 Å². The SMILES string of the molecule is CC1(C)C(CNC(=O)C(CN)c2ccccc2)C1(C)C. The molecule has 2 rings (SSSR count). The lowest BCUT2D eigenvalue weighted by Gasteiger charge is -2.15. The van der Waals surface area contributed by atoms with Gasteiger partial charge in [-0.15, -0.1) is 0 Å². The highest BCUT2D eigenvalue weighted by Crippen LogP contribution is 2.67. The van der Waals surface area contributed by atoms with Crippen molar-refractivity contribution >= 4 is 5.91 Å². The molecule has 1 aliphatic carbocycles. The van der Waals surface area contributed by atoms with Crippen molar-refractivity contribution in [3.05, 3.63) is 35.9 Å². The van der Waals surface area contributed by atoms with Gasteiger partial charge in [-0.25, -0.2) is 0 Å². The highest BCUT2D eigenvalue weighted by molar-refractivity contribution is 5.83. The highest BCUT2D eigenvalue weighted by Gasteiger charge is 2.64. The zero-order valence-electron chi connectivity index (χ0n) is 12.9. The van der Waals surface area contributed by atoms with Crippen LogP contribution in [0.25, 0.3) is 0 Å². The van der Waals surface area contributed by atoms with E-state index in [4.69, 9.17) is 5.73 Å². The van der Waals surface area contributed by atoms with Crippen LogP contribution in [-0.2, 0) is 4.79 Å². The van der Waals surface area contributed by atoms with Crippen LogP contribution in [0.2, 0.25) is 0 Å². The highest BCUT2D eigenvalue weighted by atomic mass is 16.1. The molecular weight excluding hydrogens is 248 g/mol. The third-order valence-corrected chi connectivity index (χ3v) is 5.55. The number of nitrogens with two attached hydrogens (primary N) is 1. The molecule has 0 aliphatic heterocycles. The van der Waals surface area contributed by atoms with E-state index in [1.807, 2.05) is 30.3 Å². The van der Waals surface area contributed by atoms with Crippen LogP contribution in [0, 0.1) is 16.7 Å². The summed E-state index contributed by atoms with van der Waals surface area (Å²) in [6.45, 7) is 10.1. The minimum Gasteiger partial charge on any atom is -0.355 e. The van der Waals surface area contributed by atoms with Gasteiger partial charge in [0.1, 0.15) is 0 Å². The smallest absolute Gasteiger partial charge is 0.228 e. The van der Waals surface area contributed by atoms with Crippen molar-refractivity contribution in [1.82, 2.24) is 5.32 Å². The van der Waals surface area contributed by atoms with Gasteiger partial charge in [0, 0.05) is 13.1 Å². The summed E-state index contributed by atoms with van der Waals surface area (Å²) < 4.78 is 0. The lowest BCUT2D eigenvalue weighted by molar-refractivity contribution is -0.122. The number of nitrogens with one attached hydrogen (secondary N) is 1. The largest absolute Gasteiger partial charge is 0.355 e. The fourth-order valence-electron chi connectivity index (χ4n) is 3.25. The van der Waals surface area contributed by atoms with Crippen molar-refractivity contribution in [2.75, 3.05) is 13.1 Å². The standard InChI is InChI=1S/C17H26N2O/c1-16(2)14(17(16,3)4)11-19-15(20)13(10-18)12-8-6-5-7-9-12/h5-9,13-14H,10-11,18H2,1-4H3,(H,19,20). The second kappa shape index (κ2) is 5.21. The molecule has 0 aromatic heterocycles. The molecule has 20 heavy (non-hydrogen) atoms. The number of amides is 1. The quantitative estimate of drug-likeness (QED) is 0.867. The molecule has 0 heterocycles. The normalized spacial score (nSPS) is 21.2. The molecule has 1 saturated carbocycles. The number of hydrogen-bond acceptors (Lipinski definition) is 2.